The maximum Gasteiger partial charge on any atom is 0.419 e. The Labute approximate surface area is 149 Å². The monoisotopic (exact) mass is 378 g/mol. The van der Waals surface area contributed by atoms with Gasteiger partial charge in [0.1, 0.15) is 0 Å². The molecule has 0 amide bonds. The molecular weight excluding hydrogens is 360 g/mol. The molecule has 0 bridgehead atoms. The van der Waals surface area contributed by atoms with Gasteiger partial charge < -0.3 is 9.52 Å². The molecule has 3 heterocycles. The van der Waals surface area contributed by atoms with Gasteiger partial charge in [-0.2, -0.15) is 9.40 Å². The first-order chi connectivity index (χ1) is 12.3. The van der Waals surface area contributed by atoms with E-state index in [2.05, 4.69) is 5.10 Å². The van der Waals surface area contributed by atoms with Crippen LogP contribution >= 0.6 is 0 Å². The van der Waals surface area contributed by atoms with Gasteiger partial charge in [0, 0.05) is 13.6 Å². The van der Waals surface area contributed by atoms with Crippen molar-refractivity contribution >= 4 is 21.1 Å². The summed E-state index contributed by atoms with van der Waals surface area (Å²) in [4.78, 5) is 11.7. The van der Waals surface area contributed by atoms with E-state index in [9.17, 15) is 18.3 Å². The van der Waals surface area contributed by atoms with Crippen LogP contribution in [0.3, 0.4) is 0 Å². The van der Waals surface area contributed by atoms with Gasteiger partial charge in [-0.3, -0.25) is 9.25 Å². The number of nitrogens with zero attached hydrogens (tertiary/aromatic N) is 4. The molecule has 0 saturated carbocycles. The van der Waals surface area contributed by atoms with E-state index >= 15 is 0 Å². The number of oxazole rings is 1. The van der Waals surface area contributed by atoms with Crippen molar-refractivity contribution in [3.05, 3.63) is 46.2 Å². The van der Waals surface area contributed by atoms with Crippen LogP contribution in [0.15, 0.2) is 38.4 Å². The number of rotatable bonds is 3. The molecule has 4 rings (SSSR count). The lowest BCUT2D eigenvalue weighted by molar-refractivity contribution is 0.192. The number of aromatic nitrogens is 3. The van der Waals surface area contributed by atoms with Crippen LogP contribution < -0.4 is 5.76 Å². The van der Waals surface area contributed by atoms with Crippen LogP contribution in [0.1, 0.15) is 24.4 Å². The highest BCUT2D eigenvalue weighted by Gasteiger charge is 2.30. The third-order valence-electron chi connectivity index (χ3n) is 4.61. The maximum atomic E-state index is 13.0. The number of benzene rings is 1. The lowest BCUT2D eigenvalue weighted by Crippen LogP contribution is -2.38. The summed E-state index contributed by atoms with van der Waals surface area (Å²) in [5.74, 6) is -0.540. The minimum absolute atomic E-state index is 0.102. The highest BCUT2D eigenvalue weighted by Crippen LogP contribution is 2.25. The lowest BCUT2D eigenvalue weighted by atomic mass is 10.2. The third kappa shape index (κ3) is 2.57. The van der Waals surface area contributed by atoms with Crippen molar-refractivity contribution in [2.75, 3.05) is 6.54 Å². The molecule has 2 aromatic heterocycles. The summed E-state index contributed by atoms with van der Waals surface area (Å²) in [7, 11) is -2.21. The zero-order valence-electron chi connectivity index (χ0n) is 14.3. The van der Waals surface area contributed by atoms with E-state index in [1.807, 2.05) is 0 Å². The minimum atomic E-state index is -3.74. The average molecular weight is 378 g/mol. The number of aliphatic hydroxyl groups excluding tert-OH is 1. The first kappa shape index (κ1) is 17.0. The predicted octanol–water partition coefficient (Wildman–Crippen LogP) is 0.586. The van der Waals surface area contributed by atoms with Crippen LogP contribution in [0.4, 0.5) is 0 Å². The summed E-state index contributed by atoms with van der Waals surface area (Å²) in [6.45, 7) is 2.48. The molecule has 9 nitrogen and oxygen atoms in total. The Kier molecular flexibility index (Phi) is 3.79. The Bertz CT molecular complexity index is 1160. The number of aryl methyl sites for hydroxylation is 1. The van der Waals surface area contributed by atoms with Gasteiger partial charge in [-0.25, -0.2) is 13.2 Å². The molecule has 1 aliphatic rings. The van der Waals surface area contributed by atoms with Crippen LogP contribution in [-0.4, -0.2) is 38.7 Å². The van der Waals surface area contributed by atoms with Crippen LogP contribution in [0.2, 0.25) is 0 Å². The molecule has 1 N–H and O–H groups in total. The number of hydrogen-bond donors (Lipinski definition) is 1. The van der Waals surface area contributed by atoms with Gasteiger partial charge in [0.05, 0.1) is 41.0 Å². The first-order valence-electron chi connectivity index (χ1n) is 8.12. The van der Waals surface area contributed by atoms with Gasteiger partial charge >= 0.3 is 5.76 Å². The molecule has 0 radical (unpaired) electrons. The maximum absolute atomic E-state index is 13.0. The minimum Gasteiger partial charge on any atom is -0.408 e. The molecule has 1 aliphatic heterocycles. The van der Waals surface area contributed by atoms with Crippen molar-refractivity contribution in [3.63, 3.8) is 0 Å². The fourth-order valence-electron chi connectivity index (χ4n) is 3.09. The van der Waals surface area contributed by atoms with E-state index in [0.717, 1.165) is 5.69 Å². The summed E-state index contributed by atoms with van der Waals surface area (Å²) in [6, 6.07) is 6.09. The molecule has 1 aromatic carbocycles. The topological polar surface area (TPSA) is 111 Å². The molecular formula is C16H18N4O5S. The molecule has 0 saturated heterocycles. The van der Waals surface area contributed by atoms with Crippen molar-refractivity contribution < 1.29 is 17.9 Å². The highest BCUT2D eigenvalue weighted by molar-refractivity contribution is 7.89. The van der Waals surface area contributed by atoms with Gasteiger partial charge in [-0.1, -0.05) is 0 Å². The zero-order chi connectivity index (χ0) is 18.6. The Morgan fingerprint density at radius 1 is 1.27 bits per heavy atom. The highest BCUT2D eigenvalue weighted by atomic mass is 32.2. The second-order valence-electron chi connectivity index (χ2n) is 6.35. The van der Waals surface area contributed by atoms with Gasteiger partial charge in [0.25, 0.3) is 0 Å². The number of aliphatic hydroxyl groups is 1. The van der Waals surface area contributed by atoms with Crippen LogP contribution in [0.5, 0.6) is 0 Å². The van der Waals surface area contributed by atoms with Crippen LogP contribution in [0.25, 0.3) is 11.1 Å². The van der Waals surface area contributed by atoms with Gasteiger partial charge in [0.2, 0.25) is 10.0 Å². The number of hydrogen-bond acceptors (Lipinski definition) is 6. The van der Waals surface area contributed by atoms with E-state index < -0.39 is 21.9 Å². The van der Waals surface area contributed by atoms with Crippen LogP contribution in [0, 0.1) is 0 Å². The van der Waals surface area contributed by atoms with E-state index in [0.29, 0.717) is 23.3 Å². The van der Waals surface area contributed by atoms with Crippen molar-refractivity contribution in [1.29, 1.82) is 0 Å². The molecule has 10 heteroatoms. The summed E-state index contributed by atoms with van der Waals surface area (Å²) in [5.41, 5.74) is 2.02. The van der Waals surface area contributed by atoms with Gasteiger partial charge in [0.15, 0.2) is 5.58 Å². The van der Waals surface area contributed by atoms with E-state index in [-0.39, 0.29) is 18.0 Å². The molecule has 1 atom stereocenters. The lowest BCUT2D eigenvalue weighted by Gasteiger charge is -2.26. The average Bonchev–Trinajstić information content (AvgIpc) is 3.15. The second-order valence-corrected chi connectivity index (χ2v) is 8.29. The summed E-state index contributed by atoms with van der Waals surface area (Å²) in [5, 5.41) is 14.0. The Morgan fingerprint density at radius 3 is 2.77 bits per heavy atom. The van der Waals surface area contributed by atoms with E-state index in [4.69, 9.17) is 4.42 Å². The normalized spacial score (nSPS) is 16.7. The Hall–Kier alpha value is -2.43. The smallest absolute Gasteiger partial charge is 0.408 e. The number of sulfonamides is 1. The predicted molar refractivity (Wildman–Crippen MR) is 91.9 cm³/mol. The van der Waals surface area contributed by atoms with Gasteiger partial charge in [-0.15, -0.1) is 0 Å². The summed E-state index contributed by atoms with van der Waals surface area (Å²) in [6.07, 6.45) is -0.706. The van der Waals surface area contributed by atoms with Crippen molar-refractivity contribution in [2.45, 2.75) is 31.0 Å². The van der Waals surface area contributed by atoms with E-state index in [1.165, 1.54) is 34.1 Å². The van der Waals surface area contributed by atoms with Crippen molar-refractivity contribution in [1.82, 2.24) is 18.7 Å². The molecule has 0 fully saturated rings. The SMILES string of the molecule is C[C@@H](O)c1cc2n(n1)CCN(S(=O)(=O)c1ccc3oc(=O)n(C)c3c1)C2. The largest absolute Gasteiger partial charge is 0.419 e. The number of fused-ring (bicyclic) bond motifs is 2. The molecule has 0 aliphatic carbocycles. The molecule has 26 heavy (non-hydrogen) atoms. The van der Waals surface area contributed by atoms with E-state index in [1.54, 1.807) is 17.7 Å². The summed E-state index contributed by atoms with van der Waals surface area (Å²) >= 11 is 0. The fourth-order valence-corrected chi connectivity index (χ4v) is 4.51. The molecule has 0 unspecified atom stereocenters. The van der Waals surface area contributed by atoms with Crippen LogP contribution in [-0.2, 0) is 30.2 Å². The Morgan fingerprint density at radius 2 is 2.04 bits per heavy atom. The summed E-state index contributed by atoms with van der Waals surface area (Å²) < 4.78 is 35.5. The molecule has 138 valence electrons. The Balaban J connectivity index is 1.70. The zero-order valence-corrected chi connectivity index (χ0v) is 15.1. The fraction of sp³-hybridized carbons (Fsp3) is 0.375. The van der Waals surface area contributed by atoms with Gasteiger partial charge in [-0.05, 0) is 31.2 Å². The standard InChI is InChI=1S/C16H18N4O5S/c1-10(21)13-7-11-9-19(5-6-20(11)17-13)26(23,24)12-3-4-15-14(8-12)18(2)16(22)25-15/h3-4,7-8,10,21H,5-6,9H2,1-2H3/t10-/m1/s1. The molecule has 3 aromatic rings. The second kappa shape index (κ2) is 5.79. The van der Waals surface area contributed by atoms with Crippen molar-refractivity contribution in [3.8, 4) is 0 Å². The molecule has 0 spiro atoms. The van der Waals surface area contributed by atoms with Crippen molar-refractivity contribution in [2.24, 2.45) is 7.05 Å². The first-order valence-corrected chi connectivity index (χ1v) is 9.56. The third-order valence-corrected chi connectivity index (χ3v) is 6.45. The quantitative estimate of drug-likeness (QED) is 0.714.